The van der Waals surface area contributed by atoms with Gasteiger partial charge in [0.15, 0.2) is 11.6 Å². The number of ketones is 2. The van der Waals surface area contributed by atoms with Crippen LogP contribution in [0.3, 0.4) is 0 Å². The highest BCUT2D eigenvalue weighted by atomic mass is 16.6. The molecule has 0 bridgehead atoms. The van der Waals surface area contributed by atoms with Crippen LogP contribution in [0.15, 0.2) is 0 Å². The van der Waals surface area contributed by atoms with Crippen LogP contribution < -0.4 is 5.32 Å². The first kappa shape index (κ1) is 18.7. The number of rotatable bonds is 11. The normalized spacial score (nSPS) is 15.8. The summed E-state index contributed by atoms with van der Waals surface area (Å²) in [5.41, 5.74) is 0. The molecule has 0 saturated heterocycles. The van der Waals surface area contributed by atoms with Crippen LogP contribution in [-0.4, -0.2) is 62.7 Å². The lowest BCUT2D eigenvalue weighted by molar-refractivity contribution is -0.158. The van der Waals surface area contributed by atoms with E-state index in [2.05, 4.69) is 19.2 Å². The molecule has 0 amide bonds. The molecular weight excluding hydrogens is 290 g/mol. The molecule has 1 aliphatic carbocycles. The van der Waals surface area contributed by atoms with Crippen molar-refractivity contribution >= 4 is 17.5 Å². The fourth-order valence-corrected chi connectivity index (χ4v) is 1.91. The van der Waals surface area contributed by atoms with Gasteiger partial charge in [-0.2, -0.15) is 0 Å². The van der Waals surface area contributed by atoms with E-state index in [1.807, 2.05) is 0 Å². The summed E-state index contributed by atoms with van der Waals surface area (Å²) in [6.07, 6.45) is -0.845. The van der Waals surface area contributed by atoms with Gasteiger partial charge >= 0.3 is 5.97 Å². The van der Waals surface area contributed by atoms with E-state index in [4.69, 9.17) is 14.2 Å². The second kappa shape index (κ2) is 10.4. The maximum Gasteiger partial charge on any atom is 0.309 e. The number of ether oxygens (including phenoxy) is 3. The van der Waals surface area contributed by atoms with Gasteiger partial charge in [-0.05, 0) is 0 Å². The van der Waals surface area contributed by atoms with Gasteiger partial charge < -0.3 is 19.5 Å². The van der Waals surface area contributed by atoms with Gasteiger partial charge in [0.25, 0.3) is 0 Å². The average Bonchev–Trinajstić information content (AvgIpc) is 2.77. The van der Waals surface area contributed by atoms with Crippen molar-refractivity contribution in [3.05, 3.63) is 0 Å². The van der Waals surface area contributed by atoms with Crippen LogP contribution in [-0.2, 0) is 28.6 Å². The Morgan fingerprint density at radius 3 is 2.27 bits per heavy atom. The van der Waals surface area contributed by atoms with Gasteiger partial charge in [-0.1, -0.05) is 13.8 Å². The molecule has 1 rings (SSSR count). The third-order valence-electron chi connectivity index (χ3n) is 3.07. The van der Waals surface area contributed by atoms with E-state index in [0.29, 0.717) is 25.9 Å². The molecule has 7 nitrogen and oxygen atoms in total. The summed E-state index contributed by atoms with van der Waals surface area (Å²) < 4.78 is 15.4. The van der Waals surface area contributed by atoms with Crippen molar-refractivity contribution in [2.45, 2.75) is 45.3 Å². The quantitative estimate of drug-likeness (QED) is 0.332. The Kier molecular flexibility index (Phi) is 8.88. The van der Waals surface area contributed by atoms with E-state index in [0.717, 1.165) is 6.54 Å². The van der Waals surface area contributed by atoms with Gasteiger partial charge in [-0.3, -0.25) is 14.4 Å². The summed E-state index contributed by atoms with van der Waals surface area (Å²) >= 11 is 0. The molecule has 0 aliphatic heterocycles. The zero-order valence-electron chi connectivity index (χ0n) is 13.3. The summed E-state index contributed by atoms with van der Waals surface area (Å²) in [7, 11) is 0. The predicted octanol–water partition coefficient (Wildman–Crippen LogP) is 0.252. The Bertz CT molecular complexity index is 366. The molecule has 1 fully saturated rings. The van der Waals surface area contributed by atoms with Gasteiger partial charge in [0, 0.05) is 25.4 Å². The van der Waals surface area contributed by atoms with Crippen molar-refractivity contribution in [1.82, 2.24) is 5.32 Å². The highest BCUT2D eigenvalue weighted by Crippen LogP contribution is 2.14. The lowest BCUT2D eigenvalue weighted by Gasteiger charge is -2.10. The second-order valence-corrected chi connectivity index (χ2v) is 5.39. The monoisotopic (exact) mass is 315 g/mol. The first-order valence-corrected chi connectivity index (χ1v) is 7.64. The van der Waals surface area contributed by atoms with Crippen molar-refractivity contribution in [2.75, 3.05) is 33.0 Å². The molecule has 0 spiro atoms. The van der Waals surface area contributed by atoms with Gasteiger partial charge in [-0.15, -0.1) is 0 Å². The topological polar surface area (TPSA) is 90.9 Å². The zero-order chi connectivity index (χ0) is 16.4. The Balaban J connectivity index is 1.95. The summed E-state index contributed by atoms with van der Waals surface area (Å²) in [6.45, 7) is 6.54. The van der Waals surface area contributed by atoms with Gasteiger partial charge in [0.05, 0.1) is 32.8 Å². The highest BCUT2D eigenvalue weighted by molar-refractivity contribution is 6.12. The first-order valence-electron chi connectivity index (χ1n) is 7.64. The lowest BCUT2D eigenvalue weighted by atomic mass is 10.3. The Labute approximate surface area is 130 Å². The van der Waals surface area contributed by atoms with Crippen molar-refractivity contribution in [2.24, 2.45) is 0 Å². The fraction of sp³-hybridized carbons (Fsp3) is 0.800. The number of carbonyl (C=O) groups is 3. The van der Waals surface area contributed by atoms with Crippen LogP contribution in [0, 0.1) is 0 Å². The number of hydrogen-bond donors (Lipinski definition) is 1. The van der Waals surface area contributed by atoms with Gasteiger partial charge in [-0.25, -0.2) is 0 Å². The molecule has 1 N–H and O–H groups in total. The van der Waals surface area contributed by atoms with E-state index in [9.17, 15) is 14.4 Å². The molecule has 0 aromatic rings. The molecular formula is C15H25NO6. The lowest BCUT2D eigenvalue weighted by Crippen LogP contribution is -2.28. The van der Waals surface area contributed by atoms with E-state index in [1.54, 1.807) is 0 Å². The molecule has 1 saturated carbocycles. The van der Waals surface area contributed by atoms with Crippen LogP contribution >= 0.6 is 0 Å². The summed E-state index contributed by atoms with van der Waals surface area (Å²) in [5, 5.41) is 3.22. The summed E-state index contributed by atoms with van der Waals surface area (Å²) in [5.74, 6) is -1.22. The second-order valence-electron chi connectivity index (χ2n) is 5.39. The number of esters is 1. The summed E-state index contributed by atoms with van der Waals surface area (Å²) in [6, 6.07) is 0.435. The van der Waals surface area contributed by atoms with Crippen LogP contribution in [0.5, 0.6) is 0 Å². The van der Waals surface area contributed by atoms with E-state index < -0.39 is 12.1 Å². The molecule has 0 heterocycles. The minimum atomic E-state index is -1.19. The molecule has 126 valence electrons. The Hall–Kier alpha value is -1.31. The third kappa shape index (κ3) is 7.63. The number of nitrogens with one attached hydrogen (secondary N) is 1. The molecule has 22 heavy (non-hydrogen) atoms. The average molecular weight is 315 g/mol. The molecule has 1 aliphatic rings. The zero-order valence-corrected chi connectivity index (χ0v) is 13.3. The van der Waals surface area contributed by atoms with Crippen molar-refractivity contribution in [3.63, 3.8) is 0 Å². The van der Waals surface area contributed by atoms with E-state index >= 15 is 0 Å². The third-order valence-corrected chi connectivity index (χ3v) is 3.07. The maximum atomic E-state index is 11.5. The number of hydrogen-bond acceptors (Lipinski definition) is 7. The number of carbonyl (C=O) groups excluding carboxylic acids is 3. The molecule has 0 aromatic carbocycles. The molecule has 0 atom stereocenters. The highest BCUT2D eigenvalue weighted by Gasteiger charge is 2.35. The van der Waals surface area contributed by atoms with Gasteiger partial charge in [0.2, 0.25) is 6.10 Å². The van der Waals surface area contributed by atoms with Crippen LogP contribution in [0.2, 0.25) is 0 Å². The Morgan fingerprint density at radius 2 is 1.68 bits per heavy atom. The predicted molar refractivity (Wildman–Crippen MR) is 78.5 cm³/mol. The maximum absolute atomic E-state index is 11.5. The minimum absolute atomic E-state index is 0.0198. The van der Waals surface area contributed by atoms with Crippen LogP contribution in [0.25, 0.3) is 0 Å². The molecule has 7 heteroatoms. The number of Topliss-reactive ketones (excluding diaryl/α,β-unsaturated/α-hetero) is 2. The van der Waals surface area contributed by atoms with Crippen LogP contribution in [0.4, 0.5) is 0 Å². The molecule has 0 radical (unpaired) electrons. The van der Waals surface area contributed by atoms with Gasteiger partial charge in [0.1, 0.15) is 0 Å². The standard InChI is InChI=1S/C15H25NO6/c1-11(2)16-6-8-21-10-9-20-7-5-14(19)22-15-12(17)3-4-13(15)18/h11,15-16H,3-10H2,1-2H3. The minimum Gasteiger partial charge on any atom is -0.446 e. The molecule has 0 unspecified atom stereocenters. The van der Waals surface area contributed by atoms with Crippen molar-refractivity contribution in [3.8, 4) is 0 Å². The fourth-order valence-electron chi connectivity index (χ4n) is 1.91. The smallest absolute Gasteiger partial charge is 0.309 e. The van der Waals surface area contributed by atoms with Crippen LogP contribution in [0.1, 0.15) is 33.1 Å². The van der Waals surface area contributed by atoms with E-state index in [1.165, 1.54) is 0 Å². The van der Waals surface area contributed by atoms with Crippen molar-refractivity contribution < 1.29 is 28.6 Å². The Morgan fingerprint density at radius 1 is 1.09 bits per heavy atom. The largest absolute Gasteiger partial charge is 0.446 e. The first-order chi connectivity index (χ1) is 10.5. The van der Waals surface area contributed by atoms with E-state index in [-0.39, 0.29) is 37.4 Å². The SMILES string of the molecule is CC(C)NCCOCCOCCC(=O)OC1C(=O)CCC1=O. The molecule has 0 aromatic heterocycles. The summed E-state index contributed by atoms with van der Waals surface area (Å²) in [4.78, 5) is 34.1. The van der Waals surface area contributed by atoms with Crippen molar-refractivity contribution in [1.29, 1.82) is 0 Å².